The fraction of sp³-hybridized carbons (Fsp3) is 0.963. The van der Waals surface area contributed by atoms with Crippen LogP contribution in [0.3, 0.4) is 0 Å². The van der Waals surface area contributed by atoms with Crippen LogP contribution in [0, 0.1) is 54.0 Å². The third-order valence-electron chi connectivity index (χ3n) is 8.89. The minimum absolute atomic E-state index is 0.701. The van der Waals surface area contributed by atoms with Crippen LogP contribution < -0.4 is 0 Å². The maximum Gasteiger partial charge on any atom is 0.147 e. The zero-order valence-corrected chi connectivity index (χ0v) is 20.8. The topological polar surface area (TPSA) is 6.48 Å². The Morgan fingerprint density at radius 3 is 1.03 bits per heavy atom. The van der Waals surface area contributed by atoms with Gasteiger partial charge < -0.3 is 0 Å². The van der Waals surface area contributed by atoms with Crippen LogP contribution in [-0.2, 0) is 0 Å². The van der Waals surface area contributed by atoms with Gasteiger partial charge in [0.1, 0.15) is 6.67 Å². The van der Waals surface area contributed by atoms with Crippen molar-refractivity contribution in [2.24, 2.45) is 47.3 Å². The summed E-state index contributed by atoms with van der Waals surface area (Å²) < 4.78 is 0. The Morgan fingerprint density at radius 2 is 0.793 bits per heavy atom. The van der Waals surface area contributed by atoms with Gasteiger partial charge in [0.05, 0.1) is 0 Å². The summed E-state index contributed by atoms with van der Waals surface area (Å²) in [5.74, 6) is 6.43. The van der Waals surface area contributed by atoms with E-state index in [-0.39, 0.29) is 0 Å². The van der Waals surface area contributed by atoms with Crippen molar-refractivity contribution < 1.29 is 0 Å². The van der Waals surface area contributed by atoms with Gasteiger partial charge in [-0.2, -0.15) is 0 Å². The highest BCUT2D eigenvalue weighted by Crippen LogP contribution is 2.45. The summed E-state index contributed by atoms with van der Waals surface area (Å²) in [6, 6.07) is 1.40. The Labute approximate surface area is 183 Å². The monoisotopic (exact) mass is 402 g/mol. The Kier molecular flexibility index (Phi) is 8.15. The molecule has 168 valence electrons. The highest BCUT2D eigenvalue weighted by Gasteiger charge is 2.46. The summed E-state index contributed by atoms with van der Waals surface area (Å²) in [6.45, 7) is 26.1. The first-order valence-electron chi connectivity index (χ1n) is 13.0. The molecule has 3 fully saturated rings. The molecule has 1 aliphatic heterocycles. The van der Waals surface area contributed by atoms with Gasteiger partial charge in [-0.15, -0.1) is 0 Å². The lowest BCUT2D eigenvalue weighted by Crippen LogP contribution is -2.51. The molecule has 3 aliphatic rings. The SMILES string of the molecule is CC(C)C1CCCC(C(C)C)C1N1[C]N(C2C(C(C)C)CCCC2C(C)C)CC1. The summed E-state index contributed by atoms with van der Waals surface area (Å²) in [5, 5.41) is 0. The van der Waals surface area contributed by atoms with Crippen LogP contribution in [0.5, 0.6) is 0 Å². The van der Waals surface area contributed by atoms with Gasteiger partial charge in [-0.05, 0) is 73.0 Å². The van der Waals surface area contributed by atoms with Crippen LogP contribution in [-0.4, -0.2) is 35.0 Å². The molecule has 2 nitrogen and oxygen atoms in total. The van der Waals surface area contributed by atoms with E-state index in [0.717, 1.165) is 47.3 Å². The van der Waals surface area contributed by atoms with Crippen molar-refractivity contribution in [2.75, 3.05) is 13.1 Å². The molecule has 0 aromatic rings. The first-order valence-corrected chi connectivity index (χ1v) is 13.0. The zero-order chi connectivity index (χ0) is 21.3. The van der Waals surface area contributed by atoms with Crippen molar-refractivity contribution in [2.45, 2.75) is 106 Å². The molecule has 2 aliphatic carbocycles. The number of rotatable bonds is 6. The quantitative estimate of drug-likeness (QED) is 0.482. The Hall–Kier alpha value is -0.0800. The lowest BCUT2D eigenvalue weighted by molar-refractivity contribution is 0.0142. The summed E-state index contributed by atoms with van der Waals surface area (Å²) in [6.07, 6.45) is 8.50. The lowest BCUT2D eigenvalue weighted by atomic mass is 9.67. The first-order chi connectivity index (χ1) is 13.7. The van der Waals surface area contributed by atoms with E-state index in [0.29, 0.717) is 12.1 Å². The number of nitrogens with zero attached hydrogens (tertiary/aromatic N) is 2. The molecule has 1 saturated heterocycles. The van der Waals surface area contributed by atoms with E-state index >= 15 is 0 Å². The molecule has 29 heavy (non-hydrogen) atoms. The molecule has 4 unspecified atom stereocenters. The molecule has 2 heteroatoms. The van der Waals surface area contributed by atoms with Gasteiger partial charge in [0.2, 0.25) is 0 Å². The molecule has 0 aromatic heterocycles. The van der Waals surface area contributed by atoms with Crippen LogP contribution >= 0.6 is 0 Å². The predicted molar refractivity (Wildman–Crippen MR) is 125 cm³/mol. The summed E-state index contributed by atoms with van der Waals surface area (Å²) in [7, 11) is 0. The standard InChI is InChI=1S/C27H50N2/c1-18(2)22-11-9-12-23(19(3)4)26(22)28-15-16-29(17-28)27-24(20(5)6)13-10-14-25(27)21(7)8/h18-27H,9-16H2,1-8H3. The molecular formula is C27H50N2. The third kappa shape index (κ3) is 5.05. The smallest absolute Gasteiger partial charge is 0.147 e. The fourth-order valence-corrected chi connectivity index (χ4v) is 7.24. The first kappa shape index (κ1) is 23.6. The van der Waals surface area contributed by atoms with Crippen molar-refractivity contribution in [3.8, 4) is 0 Å². The highest BCUT2D eigenvalue weighted by molar-refractivity contribution is 5.01. The molecule has 0 aromatic carbocycles. The average Bonchev–Trinajstić information content (AvgIpc) is 3.15. The highest BCUT2D eigenvalue weighted by atomic mass is 15.4. The van der Waals surface area contributed by atoms with Crippen molar-refractivity contribution in [3.05, 3.63) is 6.67 Å². The molecule has 0 spiro atoms. The fourth-order valence-electron chi connectivity index (χ4n) is 7.24. The van der Waals surface area contributed by atoms with E-state index in [2.05, 4.69) is 71.9 Å². The van der Waals surface area contributed by atoms with Crippen molar-refractivity contribution in [3.63, 3.8) is 0 Å². The number of hydrogen-bond acceptors (Lipinski definition) is 2. The summed E-state index contributed by atoms with van der Waals surface area (Å²) >= 11 is 0. The summed E-state index contributed by atoms with van der Waals surface area (Å²) in [5.41, 5.74) is 0. The molecule has 3 rings (SSSR count). The lowest BCUT2D eigenvalue weighted by Gasteiger charge is -2.48. The van der Waals surface area contributed by atoms with Crippen LogP contribution in [0.2, 0.25) is 0 Å². The van der Waals surface area contributed by atoms with Crippen molar-refractivity contribution >= 4 is 0 Å². The minimum Gasteiger partial charge on any atom is -0.275 e. The van der Waals surface area contributed by atoms with Crippen LogP contribution in [0.25, 0.3) is 0 Å². The largest absolute Gasteiger partial charge is 0.275 e. The van der Waals surface area contributed by atoms with Gasteiger partial charge in [0, 0.05) is 25.2 Å². The van der Waals surface area contributed by atoms with Gasteiger partial charge in [0.15, 0.2) is 0 Å². The van der Waals surface area contributed by atoms with E-state index in [1.807, 2.05) is 0 Å². The van der Waals surface area contributed by atoms with Gasteiger partial charge in [0.25, 0.3) is 0 Å². The second-order valence-electron chi connectivity index (χ2n) is 12.0. The molecule has 0 amide bonds. The van der Waals surface area contributed by atoms with Gasteiger partial charge in [-0.25, -0.2) is 0 Å². The normalized spacial score (nSPS) is 38.1. The third-order valence-corrected chi connectivity index (χ3v) is 8.89. The molecule has 0 bridgehead atoms. The molecule has 0 N–H and O–H groups in total. The maximum absolute atomic E-state index is 4.04. The van der Waals surface area contributed by atoms with Crippen LogP contribution in [0.1, 0.15) is 93.9 Å². The van der Waals surface area contributed by atoms with E-state index in [1.54, 1.807) is 0 Å². The van der Waals surface area contributed by atoms with Crippen molar-refractivity contribution in [1.82, 2.24) is 9.80 Å². The van der Waals surface area contributed by atoms with Crippen molar-refractivity contribution in [1.29, 1.82) is 0 Å². The second kappa shape index (κ2) is 10.0. The van der Waals surface area contributed by atoms with E-state index in [9.17, 15) is 0 Å². The average molecular weight is 403 g/mol. The van der Waals surface area contributed by atoms with E-state index < -0.39 is 0 Å². The Balaban J connectivity index is 1.80. The minimum atomic E-state index is 0.701. The molecule has 1 heterocycles. The van der Waals surface area contributed by atoms with E-state index in [4.69, 9.17) is 0 Å². The van der Waals surface area contributed by atoms with Gasteiger partial charge in [-0.1, -0.05) is 68.2 Å². The van der Waals surface area contributed by atoms with Gasteiger partial charge in [-0.3, -0.25) is 9.80 Å². The Bertz CT molecular complexity index is 421. The van der Waals surface area contributed by atoms with Crippen LogP contribution in [0.15, 0.2) is 0 Å². The second-order valence-corrected chi connectivity index (χ2v) is 12.0. The van der Waals surface area contributed by atoms with E-state index in [1.165, 1.54) is 51.6 Å². The van der Waals surface area contributed by atoms with Crippen LogP contribution in [0.4, 0.5) is 0 Å². The van der Waals surface area contributed by atoms with Gasteiger partial charge >= 0.3 is 0 Å². The number of hydrogen-bond donors (Lipinski definition) is 0. The maximum atomic E-state index is 4.04. The Morgan fingerprint density at radius 1 is 0.517 bits per heavy atom. The molecule has 2 saturated carbocycles. The molecular weight excluding hydrogens is 352 g/mol. The summed E-state index contributed by atoms with van der Waals surface area (Å²) in [4.78, 5) is 5.41. The zero-order valence-electron chi connectivity index (χ0n) is 20.8. The predicted octanol–water partition coefficient (Wildman–Crippen LogP) is 6.79. The molecule has 4 atom stereocenters. The molecule has 2 radical (unpaired) electrons.